The summed E-state index contributed by atoms with van der Waals surface area (Å²) in [6, 6.07) is 14.9. The van der Waals surface area contributed by atoms with Gasteiger partial charge in [-0.05, 0) is 50.1 Å². The minimum absolute atomic E-state index is 0.163. The Balaban J connectivity index is 1.80. The Bertz CT molecular complexity index is 1040. The van der Waals surface area contributed by atoms with Gasteiger partial charge in [-0.3, -0.25) is 4.79 Å². The highest BCUT2D eigenvalue weighted by Gasteiger charge is 2.23. The van der Waals surface area contributed by atoms with E-state index in [0.717, 1.165) is 16.9 Å². The number of anilines is 1. The number of nitrogens with one attached hydrogen (secondary N) is 1. The van der Waals surface area contributed by atoms with Gasteiger partial charge in [0.1, 0.15) is 22.1 Å². The predicted octanol–water partition coefficient (Wildman–Crippen LogP) is 5.32. The van der Waals surface area contributed by atoms with Crippen LogP contribution < -0.4 is 14.8 Å². The van der Waals surface area contributed by atoms with E-state index in [2.05, 4.69) is 5.32 Å². The molecule has 1 aromatic heterocycles. The minimum Gasteiger partial charge on any atom is -0.494 e. The molecule has 0 fully saturated rings. The van der Waals surface area contributed by atoms with Crippen LogP contribution in [0.4, 0.5) is 5.00 Å². The minimum atomic E-state index is -0.484. The number of carbonyl (C=O) groups is 2. The molecule has 1 heterocycles. The van der Waals surface area contributed by atoms with Crippen molar-refractivity contribution in [1.82, 2.24) is 0 Å². The molecule has 2 aromatic carbocycles. The van der Waals surface area contributed by atoms with Crippen LogP contribution in [-0.4, -0.2) is 31.7 Å². The summed E-state index contributed by atoms with van der Waals surface area (Å²) in [5, 5.41) is 5.05. The number of carbonyl (C=O) groups excluding carboxylic acids is 2. The van der Waals surface area contributed by atoms with Gasteiger partial charge in [0.2, 0.25) is 0 Å². The van der Waals surface area contributed by atoms with Crippen molar-refractivity contribution in [2.24, 2.45) is 0 Å². The quantitative estimate of drug-likeness (QED) is 0.457. The fourth-order valence-electron chi connectivity index (χ4n) is 2.99. The van der Waals surface area contributed by atoms with E-state index in [9.17, 15) is 9.59 Å². The lowest BCUT2D eigenvalue weighted by Gasteiger charge is -2.11. The van der Waals surface area contributed by atoms with Crippen molar-refractivity contribution in [3.8, 4) is 22.6 Å². The lowest BCUT2D eigenvalue weighted by Crippen LogP contribution is -2.21. The Morgan fingerprint density at radius 1 is 0.968 bits per heavy atom. The Morgan fingerprint density at radius 3 is 2.39 bits per heavy atom. The SMILES string of the molecule is CCOC(=O)c1c(-c2ccc(OCC)cc2)csc1NC(=O)COc1ccccc1C. The van der Waals surface area contributed by atoms with Gasteiger partial charge in [0.25, 0.3) is 5.91 Å². The van der Waals surface area contributed by atoms with E-state index >= 15 is 0 Å². The smallest absolute Gasteiger partial charge is 0.341 e. The van der Waals surface area contributed by atoms with E-state index in [0.29, 0.717) is 28.5 Å². The van der Waals surface area contributed by atoms with Gasteiger partial charge in [-0.25, -0.2) is 4.79 Å². The molecule has 0 aliphatic rings. The molecule has 0 spiro atoms. The summed E-state index contributed by atoms with van der Waals surface area (Å²) in [7, 11) is 0. The van der Waals surface area contributed by atoms with Crippen molar-refractivity contribution in [1.29, 1.82) is 0 Å². The maximum Gasteiger partial charge on any atom is 0.341 e. The zero-order chi connectivity index (χ0) is 22.2. The third-order valence-corrected chi connectivity index (χ3v) is 5.35. The number of thiophene rings is 1. The Kier molecular flexibility index (Phi) is 7.67. The van der Waals surface area contributed by atoms with Crippen molar-refractivity contribution in [3.05, 3.63) is 65.0 Å². The molecule has 7 heteroatoms. The fourth-order valence-corrected chi connectivity index (χ4v) is 3.96. The average Bonchev–Trinajstić information content (AvgIpc) is 3.17. The number of aryl methyl sites for hydroxylation is 1. The summed E-state index contributed by atoms with van der Waals surface area (Å²) in [5.41, 5.74) is 2.80. The van der Waals surface area contributed by atoms with E-state index < -0.39 is 5.97 Å². The van der Waals surface area contributed by atoms with Crippen LogP contribution >= 0.6 is 11.3 Å². The summed E-state index contributed by atoms with van der Waals surface area (Å²) >= 11 is 1.27. The molecule has 162 valence electrons. The molecule has 0 atom stereocenters. The van der Waals surface area contributed by atoms with E-state index in [1.807, 2.05) is 67.8 Å². The summed E-state index contributed by atoms with van der Waals surface area (Å²) in [5.74, 6) is 0.558. The first-order chi connectivity index (χ1) is 15.0. The first-order valence-electron chi connectivity index (χ1n) is 10.0. The average molecular weight is 440 g/mol. The van der Waals surface area contributed by atoms with Gasteiger partial charge >= 0.3 is 5.97 Å². The van der Waals surface area contributed by atoms with Crippen molar-refractivity contribution in [2.45, 2.75) is 20.8 Å². The molecule has 0 radical (unpaired) electrons. The van der Waals surface area contributed by atoms with Crippen LogP contribution in [0.25, 0.3) is 11.1 Å². The zero-order valence-electron chi connectivity index (χ0n) is 17.8. The standard InChI is InChI=1S/C24H25NO5S/c1-4-28-18-12-10-17(11-13-18)19-15-31-23(22(19)24(27)29-5-2)25-21(26)14-30-20-9-7-6-8-16(20)3/h6-13,15H,4-5,14H2,1-3H3,(H,25,26). The van der Waals surface area contributed by atoms with Crippen LogP contribution in [0.2, 0.25) is 0 Å². The third kappa shape index (κ3) is 5.64. The van der Waals surface area contributed by atoms with E-state index in [-0.39, 0.29) is 19.1 Å². The van der Waals surface area contributed by atoms with Crippen LogP contribution in [0.5, 0.6) is 11.5 Å². The molecule has 0 saturated carbocycles. The monoisotopic (exact) mass is 439 g/mol. The number of amides is 1. The number of benzene rings is 2. The van der Waals surface area contributed by atoms with E-state index in [4.69, 9.17) is 14.2 Å². The molecule has 0 unspecified atom stereocenters. The molecule has 3 rings (SSSR count). The molecule has 1 amide bonds. The molecule has 0 saturated heterocycles. The molecule has 3 aromatic rings. The molecular formula is C24H25NO5S. The third-order valence-electron chi connectivity index (χ3n) is 4.45. The molecule has 6 nitrogen and oxygen atoms in total. The van der Waals surface area contributed by atoms with Crippen LogP contribution in [0.3, 0.4) is 0 Å². The van der Waals surface area contributed by atoms with Crippen molar-refractivity contribution in [3.63, 3.8) is 0 Å². The molecular weight excluding hydrogens is 414 g/mol. The van der Waals surface area contributed by atoms with Crippen LogP contribution in [0.1, 0.15) is 29.8 Å². The number of hydrogen-bond donors (Lipinski definition) is 1. The predicted molar refractivity (Wildman–Crippen MR) is 122 cm³/mol. The molecule has 31 heavy (non-hydrogen) atoms. The maximum absolute atomic E-state index is 12.7. The van der Waals surface area contributed by atoms with Gasteiger partial charge in [-0.15, -0.1) is 11.3 Å². The van der Waals surface area contributed by atoms with Gasteiger partial charge < -0.3 is 19.5 Å². The van der Waals surface area contributed by atoms with Crippen molar-refractivity contribution >= 4 is 28.2 Å². The lowest BCUT2D eigenvalue weighted by molar-refractivity contribution is -0.118. The topological polar surface area (TPSA) is 73.9 Å². The van der Waals surface area contributed by atoms with Crippen molar-refractivity contribution < 1.29 is 23.8 Å². The zero-order valence-corrected chi connectivity index (χ0v) is 18.6. The highest BCUT2D eigenvalue weighted by atomic mass is 32.1. The molecule has 0 bridgehead atoms. The van der Waals surface area contributed by atoms with Gasteiger partial charge in [0, 0.05) is 10.9 Å². The number of esters is 1. The van der Waals surface area contributed by atoms with Crippen LogP contribution in [-0.2, 0) is 9.53 Å². The highest BCUT2D eigenvalue weighted by molar-refractivity contribution is 7.15. The van der Waals surface area contributed by atoms with Crippen LogP contribution in [0, 0.1) is 6.92 Å². The summed E-state index contributed by atoms with van der Waals surface area (Å²) in [4.78, 5) is 25.2. The molecule has 0 aliphatic heterocycles. The fraction of sp³-hybridized carbons (Fsp3) is 0.250. The highest BCUT2D eigenvalue weighted by Crippen LogP contribution is 2.37. The second-order valence-corrected chi connectivity index (χ2v) is 7.51. The maximum atomic E-state index is 12.7. The second-order valence-electron chi connectivity index (χ2n) is 6.63. The van der Waals surface area contributed by atoms with Gasteiger partial charge in [0.15, 0.2) is 6.61 Å². The second kappa shape index (κ2) is 10.6. The normalized spacial score (nSPS) is 10.4. The number of para-hydroxylation sites is 1. The van der Waals surface area contributed by atoms with Gasteiger partial charge in [0.05, 0.1) is 13.2 Å². The Labute approximate surface area is 185 Å². The molecule has 0 aliphatic carbocycles. The van der Waals surface area contributed by atoms with E-state index in [1.54, 1.807) is 6.92 Å². The van der Waals surface area contributed by atoms with Crippen LogP contribution in [0.15, 0.2) is 53.9 Å². The summed E-state index contributed by atoms with van der Waals surface area (Å²) < 4.78 is 16.3. The number of ether oxygens (including phenoxy) is 3. The Hall–Kier alpha value is -3.32. The van der Waals surface area contributed by atoms with Crippen molar-refractivity contribution in [2.75, 3.05) is 25.1 Å². The largest absolute Gasteiger partial charge is 0.494 e. The number of rotatable bonds is 9. The summed E-state index contributed by atoms with van der Waals surface area (Å²) in [6.07, 6.45) is 0. The molecule has 1 N–H and O–H groups in total. The van der Waals surface area contributed by atoms with Gasteiger partial charge in [-0.2, -0.15) is 0 Å². The first-order valence-corrected chi connectivity index (χ1v) is 10.9. The lowest BCUT2D eigenvalue weighted by atomic mass is 10.0. The summed E-state index contributed by atoms with van der Waals surface area (Å²) in [6.45, 7) is 6.23. The van der Waals surface area contributed by atoms with E-state index in [1.165, 1.54) is 11.3 Å². The first kappa shape index (κ1) is 22.4. The number of hydrogen-bond acceptors (Lipinski definition) is 6. The Morgan fingerprint density at radius 2 is 1.71 bits per heavy atom. The van der Waals surface area contributed by atoms with Gasteiger partial charge in [-0.1, -0.05) is 30.3 Å².